The van der Waals surface area contributed by atoms with Crippen molar-refractivity contribution >= 4 is 75.4 Å². The van der Waals surface area contributed by atoms with Crippen LogP contribution in [0, 0.1) is 0 Å². The Hall–Kier alpha value is -2.36. The molecule has 0 nitrogen and oxygen atoms in total. The lowest BCUT2D eigenvalue weighted by Gasteiger charge is -2.22. The number of fused-ring (bicyclic) bond motifs is 8. The van der Waals surface area contributed by atoms with Gasteiger partial charge in [0, 0.05) is 35.6 Å². The molecule has 33 heavy (non-hydrogen) atoms. The molecule has 0 saturated heterocycles. The van der Waals surface area contributed by atoms with Crippen LogP contribution < -0.4 is 0 Å². The van der Waals surface area contributed by atoms with E-state index in [-0.39, 0.29) is 5.41 Å². The summed E-state index contributed by atoms with van der Waals surface area (Å²) in [7, 11) is 0. The summed E-state index contributed by atoms with van der Waals surface area (Å²) in [6.07, 6.45) is 0. The fraction of sp³-hybridized carbons (Fsp3) is 0.103. The van der Waals surface area contributed by atoms with Gasteiger partial charge in [0.05, 0.1) is 9.40 Å². The minimum Gasteiger partial charge on any atom is -0.134 e. The number of hydrogen-bond acceptors (Lipinski definition) is 2. The highest BCUT2D eigenvalue weighted by Gasteiger charge is 2.35. The van der Waals surface area contributed by atoms with Crippen molar-refractivity contribution in [1.82, 2.24) is 0 Å². The molecule has 1 aliphatic carbocycles. The first-order chi connectivity index (χ1) is 15.9. The lowest BCUT2D eigenvalue weighted by Crippen LogP contribution is -2.15. The normalized spacial score (nSPS) is 14.3. The third-order valence-corrected chi connectivity index (χ3v) is 9.99. The number of rotatable bonds is 1. The molecule has 0 aliphatic heterocycles. The van der Waals surface area contributed by atoms with E-state index in [0.29, 0.717) is 0 Å². The summed E-state index contributed by atoms with van der Waals surface area (Å²) in [5, 5.41) is 4.23. The summed E-state index contributed by atoms with van der Waals surface area (Å²) < 4.78 is 5.32. The number of benzene rings is 4. The third kappa shape index (κ3) is 2.82. The molecule has 4 heteroatoms. The second kappa shape index (κ2) is 6.84. The molecule has 0 amide bonds. The van der Waals surface area contributed by atoms with Crippen molar-refractivity contribution < 1.29 is 0 Å². The van der Waals surface area contributed by atoms with Gasteiger partial charge in [-0.3, -0.25) is 0 Å². The monoisotopic (exact) mass is 500 g/mol. The quantitative estimate of drug-likeness (QED) is 0.210. The second-order valence-electron chi connectivity index (χ2n) is 9.29. The zero-order valence-electron chi connectivity index (χ0n) is 18.0. The topological polar surface area (TPSA) is 0 Å². The number of thiophene rings is 2. The minimum atomic E-state index is -0.0680. The summed E-state index contributed by atoms with van der Waals surface area (Å²) >= 11 is 16.3. The van der Waals surface area contributed by atoms with Crippen molar-refractivity contribution in [3.63, 3.8) is 0 Å². The van der Waals surface area contributed by atoms with Gasteiger partial charge in [-0.15, -0.1) is 22.7 Å². The van der Waals surface area contributed by atoms with Gasteiger partial charge in [0.2, 0.25) is 0 Å². The lowest BCUT2D eigenvalue weighted by molar-refractivity contribution is 0.660. The molecule has 0 unspecified atom stereocenters. The van der Waals surface area contributed by atoms with E-state index in [1.807, 2.05) is 34.8 Å². The number of halogens is 2. The van der Waals surface area contributed by atoms with Gasteiger partial charge in [0.1, 0.15) is 0 Å². The first kappa shape index (κ1) is 20.1. The first-order valence-corrected chi connectivity index (χ1v) is 13.3. The maximum Gasteiger partial charge on any atom is 0.0542 e. The van der Waals surface area contributed by atoms with E-state index in [9.17, 15) is 0 Å². The van der Waals surface area contributed by atoms with E-state index in [4.69, 9.17) is 23.2 Å². The van der Waals surface area contributed by atoms with Gasteiger partial charge in [-0.25, -0.2) is 0 Å². The maximum absolute atomic E-state index is 6.34. The Morgan fingerprint density at radius 2 is 1.09 bits per heavy atom. The van der Waals surface area contributed by atoms with Crippen LogP contribution in [0.3, 0.4) is 0 Å². The molecule has 0 spiro atoms. The predicted octanol–water partition coefficient (Wildman–Crippen LogP) is 10.5. The summed E-state index contributed by atoms with van der Waals surface area (Å²) in [6.45, 7) is 4.59. The average Bonchev–Trinajstić information content (AvgIpc) is 3.39. The fourth-order valence-corrected chi connectivity index (χ4v) is 8.44. The van der Waals surface area contributed by atoms with Crippen LogP contribution >= 0.6 is 45.9 Å². The zero-order valence-corrected chi connectivity index (χ0v) is 21.1. The Bertz CT molecular complexity index is 1770. The highest BCUT2D eigenvalue weighted by Crippen LogP contribution is 2.51. The van der Waals surface area contributed by atoms with Crippen molar-refractivity contribution in [2.24, 2.45) is 0 Å². The molecule has 160 valence electrons. The molecule has 0 fully saturated rings. The highest BCUT2D eigenvalue weighted by atomic mass is 35.5. The van der Waals surface area contributed by atoms with Crippen LogP contribution in [0.4, 0.5) is 0 Å². The molecule has 1 aliphatic rings. The average molecular weight is 502 g/mol. The smallest absolute Gasteiger partial charge is 0.0542 e. The van der Waals surface area contributed by atoms with Gasteiger partial charge >= 0.3 is 0 Å². The van der Waals surface area contributed by atoms with E-state index in [1.54, 1.807) is 0 Å². The van der Waals surface area contributed by atoms with Crippen LogP contribution in [0.5, 0.6) is 0 Å². The SMILES string of the molecule is CC1(C)c2cc(Cl)ccc2-c2ccc(-c3ccc4c(c3)sc3c5ccc(Cl)cc5sc43)cc21. The molecular weight excluding hydrogens is 483 g/mol. The number of hydrogen-bond donors (Lipinski definition) is 0. The Morgan fingerprint density at radius 3 is 1.85 bits per heavy atom. The van der Waals surface area contributed by atoms with E-state index >= 15 is 0 Å². The molecule has 0 atom stereocenters. The molecular formula is C29H18Cl2S2. The Labute approximate surface area is 210 Å². The summed E-state index contributed by atoms with van der Waals surface area (Å²) in [6, 6.07) is 26.3. The van der Waals surface area contributed by atoms with E-state index in [1.165, 1.54) is 63.0 Å². The van der Waals surface area contributed by atoms with Crippen molar-refractivity contribution in [2.75, 3.05) is 0 Å². The molecule has 0 saturated carbocycles. The van der Waals surface area contributed by atoms with E-state index in [2.05, 4.69) is 74.5 Å². The van der Waals surface area contributed by atoms with Crippen molar-refractivity contribution in [1.29, 1.82) is 0 Å². The van der Waals surface area contributed by atoms with Crippen molar-refractivity contribution in [3.8, 4) is 22.3 Å². The fourth-order valence-electron chi connectivity index (χ4n) is 5.30. The van der Waals surface area contributed by atoms with E-state index in [0.717, 1.165) is 10.0 Å². The minimum absolute atomic E-state index is 0.0680. The predicted molar refractivity (Wildman–Crippen MR) is 148 cm³/mol. The summed E-state index contributed by atoms with van der Waals surface area (Å²) in [5.74, 6) is 0. The van der Waals surface area contributed by atoms with Gasteiger partial charge in [0.25, 0.3) is 0 Å². The van der Waals surface area contributed by atoms with Gasteiger partial charge in [-0.2, -0.15) is 0 Å². The molecule has 0 bridgehead atoms. The first-order valence-electron chi connectivity index (χ1n) is 10.9. The zero-order chi connectivity index (χ0) is 22.5. The molecule has 7 rings (SSSR count). The van der Waals surface area contributed by atoms with Crippen molar-refractivity contribution in [3.05, 3.63) is 94.0 Å². The van der Waals surface area contributed by atoms with Crippen LogP contribution in [0.1, 0.15) is 25.0 Å². The van der Waals surface area contributed by atoms with Crippen molar-refractivity contribution in [2.45, 2.75) is 19.3 Å². The van der Waals surface area contributed by atoms with Gasteiger partial charge in [0.15, 0.2) is 0 Å². The van der Waals surface area contributed by atoms with Crippen LogP contribution in [0.15, 0.2) is 72.8 Å². The third-order valence-electron chi connectivity index (χ3n) is 7.02. The van der Waals surface area contributed by atoms with Crippen LogP contribution in [0.2, 0.25) is 10.0 Å². The molecule has 2 aromatic heterocycles. The van der Waals surface area contributed by atoms with E-state index < -0.39 is 0 Å². The second-order valence-corrected chi connectivity index (χ2v) is 12.3. The lowest BCUT2D eigenvalue weighted by atomic mass is 9.81. The Kier molecular flexibility index (Phi) is 4.15. The molecule has 6 aromatic rings. The van der Waals surface area contributed by atoms with Gasteiger partial charge < -0.3 is 0 Å². The molecule has 0 N–H and O–H groups in total. The largest absolute Gasteiger partial charge is 0.134 e. The standard InChI is InChI=1S/C29H18Cl2S2/c1-29(2)23-11-15(3-7-19(23)20-9-5-17(30)13-24(20)29)16-4-8-21-25(12-16)32-28-22-10-6-18(31)14-26(22)33-27(21)28/h3-14H,1-2H3. The highest BCUT2D eigenvalue weighted by molar-refractivity contribution is 7.36. The van der Waals surface area contributed by atoms with Crippen LogP contribution in [-0.2, 0) is 5.41 Å². The summed E-state index contributed by atoms with van der Waals surface area (Å²) in [4.78, 5) is 0. The molecule has 2 heterocycles. The summed E-state index contributed by atoms with van der Waals surface area (Å²) in [5.41, 5.74) is 7.74. The Balaban J connectivity index is 1.38. The van der Waals surface area contributed by atoms with Gasteiger partial charge in [-0.1, -0.05) is 73.4 Å². The maximum atomic E-state index is 6.34. The van der Waals surface area contributed by atoms with Gasteiger partial charge in [-0.05, 0) is 69.8 Å². The molecule has 4 aromatic carbocycles. The van der Waals surface area contributed by atoms with Crippen LogP contribution in [0.25, 0.3) is 51.8 Å². The molecule has 0 radical (unpaired) electrons. The van der Waals surface area contributed by atoms with Crippen LogP contribution in [-0.4, -0.2) is 0 Å². The Morgan fingerprint density at radius 1 is 0.576 bits per heavy atom.